The second-order valence-corrected chi connectivity index (χ2v) is 12.3. The summed E-state index contributed by atoms with van der Waals surface area (Å²) in [5.41, 5.74) is 2.63. The number of amides is 2. The summed E-state index contributed by atoms with van der Waals surface area (Å²) in [7, 11) is -2.36. The highest BCUT2D eigenvalue weighted by atomic mass is 35.5. The van der Waals surface area contributed by atoms with Crippen LogP contribution in [0.3, 0.4) is 0 Å². The van der Waals surface area contributed by atoms with Crippen molar-refractivity contribution in [3.8, 4) is 0 Å². The molecule has 208 valence electrons. The zero-order valence-electron chi connectivity index (χ0n) is 22.4. The van der Waals surface area contributed by atoms with Gasteiger partial charge in [0.25, 0.3) is 0 Å². The van der Waals surface area contributed by atoms with Crippen molar-refractivity contribution in [2.45, 2.75) is 38.8 Å². The Morgan fingerprint density at radius 3 is 2.18 bits per heavy atom. The molecule has 0 aliphatic carbocycles. The monoisotopic (exact) mass is 589 g/mol. The molecule has 1 atom stereocenters. The van der Waals surface area contributed by atoms with Crippen LogP contribution in [0.15, 0.2) is 72.8 Å². The van der Waals surface area contributed by atoms with Crippen molar-refractivity contribution in [1.82, 2.24) is 10.2 Å². The molecule has 0 saturated carbocycles. The first-order valence-corrected chi connectivity index (χ1v) is 15.1. The third kappa shape index (κ3) is 7.97. The van der Waals surface area contributed by atoms with Crippen LogP contribution in [0.1, 0.15) is 36.5 Å². The first-order valence-electron chi connectivity index (χ1n) is 12.5. The van der Waals surface area contributed by atoms with Crippen molar-refractivity contribution in [2.24, 2.45) is 0 Å². The van der Waals surface area contributed by atoms with Crippen LogP contribution in [0.5, 0.6) is 0 Å². The Morgan fingerprint density at radius 2 is 1.59 bits per heavy atom. The van der Waals surface area contributed by atoms with E-state index in [1.54, 1.807) is 30.3 Å². The lowest BCUT2D eigenvalue weighted by molar-refractivity contribution is -0.139. The van der Waals surface area contributed by atoms with Gasteiger partial charge >= 0.3 is 0 Å². The van der Waals surface area contributed by atoms with Crippen LogP contribution in [0.25, 0.3) is 0 Å². The number of carbonyl (C=O) groups excluding carboxylic acids is 2. The number of rotatable bonds is 11. The van der Waals surface area contributed by atoms with Gasteiger partial charge in [0.15, 0.2) is 0 Å². The van der Waals surface area contributed by atoms with Crippen molar-refractivity contribution in [3.05, 3.63) is 99.5 Å². The lowest BCUT2D eigenvalue weighted by Gasteiger charge is -2.34. The van der Waals surface area contributed by atoms with Crippen molar-refractivity contribution in [2.75, 3.05) is 24.2 Å². The van der Waals surface area contributed by atoms with E-state index in [9.17, 15) is 18.0 Å². The summed E-state index contributed by atoms with van der Waals surface area (Å²) in [5.74, 6) is -0.915. The van der Waals surface area contributed by atoms with Gasteiger partial charge in [-0.05, 0) is 40.8 Å². The SMILES string of the molecule is CNC(=O)[C@H](Cc1ccccc1)N(Cc1ccc(Cl)cc1Cl)C(=O)CN(c1ccccc1C(C)C)S(C)(=O)=O. The molecular formula is C29H33Cl2N3O4S. The number of carbonyl (C=O) groups is 2. The van der Waals surface area contributed by atoms with Gasteiger partial charge in [0, 0.05) is 30.1 Å². The molecule has 0 aromatic heterocycles. The van der Waals surface area contributed by atoms with Gasteiger partial charge in [-0.15, -0.1) is 0 Å². The largest absolute Gasteiger partial charge is 0.357 e. The number of sulfonamides is 1. The number of benzene rings is 3. The molecule has 0 spiro atoms. The van der Waals surface area contributed by atoms with E-state index >= 15 is 0 Å². The standard InChI is InChI=1S/C29H33Cl2N3O4S/c1-20(2)24-12-8-9-13-26(24)34(39(4,37)38)19-28(35)33(18-22-14-15-23(30)17-25(22)31)27(29(36)32-3)16-21-10-6-5-7-11-21/h5-15,17,20,27H,16,18-19H2,1-4H3,(H,32,36)/t27-/m0/s1. The number of hydrogen-bond acceptors (Lipinski definition) is 4. The highest BCUT2D eigenvalue weighted by Gasteiger charge is 2.33. The second kappa shape index (κ2) is 13.3. The maximum Gasteiger partial charge on any atom is 0.244 e. The number of para-hydroxylation sites is 1. The molecule has 1 N–H and O–H groups in total. The van der Waals surface area contributed by atoms with E-state index < -0.39 is 28.5 Å². The second-order valence-electron chi connectivity index (χ2n) is 9.56. The zero-order valence-corrected chi connectivity index (χ0v) is 24.7. The van der Waals surface area contributed by atoms with E-state index in [4.69, 9.17) is 23.2 Å². The highest BCUT2D eigenvalue weighted by molar-refractivity contribution is 7.92. The minimum Gasteiger partial charge on any atom is -0.357 e. The Morgan fingerprint density at radius 1 is 0.949 bits per heavy atom. The Bertz CT molecular complexity index is 1420. The summed E-state index contributed by atoms with van der Waals surface area (Å²) in [6.07, 6.45) is 1.29. The number of halogens is 2. The average Bonchev–Trinajstić information content (AvgIpc) is 2.89. The number of hydrogen-bond donors (Lipinski definition) is 1. The fourth-order valence-electron chi connectivity index (χ4n) is 4.35. The van der Waals surface area contributed by atoms with Gasteiger partial charge in [0.2, 0.25) is 21.8 Å². The van der Waals surface area contributed by atoms with Gasteiger partial charge in [-0.3, -0.25) is 13.9 Å². The van der Waals surface area contributed by atoms with E-state index in [0.717, 1.165) is 21.7 Å². The van der Waals surface area contributed by atoms with Gasteiger partial charge in [-0.1, -0.05) is 91.6 Å². The predicted molar refractivity (Wildman–Crippen MR) is 158 cm³/mol. The van der Waals surface area contributed by atoms with Crippen LogP contribution in [0.4, 0.5) is 5.69 Å². The molecule has 2 amide bonds. The van der Waals surface area contributed by atoms with E-state index in [2.05, 4.69) is 5.32 Å². The summed E-state index contributed by atoms with van der Waals surface area (Å²) in [6, 6.07) is 20.4. The van der Waals surface area contributed by atoms with Crippen molar-refractivity contribution in [1.29, 1.82) is 0 Å². The molecule has 0 bridgehead atoms. The number of nitrogens with one attached hydrogen (secondary N) is 1. The average molecular weight is 591 g/mol. The molecule has 0 saturated heterocycles. The Balaban J connectivity index is 2.09. The fraction of sp³-hybridized carbons (Fsp3) is 0.310. The first kappa shape index (κ1) is 30.5. The van der Waals surface area contributed by atoms with E-state index in [1.165, 1.54) is 11.9 Å². The third-order valence-corrected chi connectivity index (χ3v) is 8.09. The Labute approximate surface area is 240 Å². The smallest absolute Gasteiger partial charge is 0.244 e. The van der Waals surface area contributed by atoms with Crippen LogP contribution in [-0.4, -0.2) is 51.0 Å². The first-order chi connectivity index (χ1) is 18.4. The summed E-state index contributed by atoms with van der Waals surface area (Å²) >= 11 is 12.5. The topological polar surface area (TPSA) is 86.8 Å². The summed E-state index contributed by atoms with van der Waals surface area (Å²) < 4.78 is 27.1. The molecule has 7 nitrogen and oxygen atoms in total. The molecule has 3 rings (SSSR count). The molecule has 39 heavy (non-hydrogen) atoms. The fourth-order valence-corrected chi connectivity index (χ4v) is 5.69. The highest BCUT2D eigenvalue weighted by Crippen LogP contribution is 2.30. The third-order valence-electron chi connectivity index (χ3n) is 6.38. The van der Waals surface area contributed by atoms with Crippen LogP contribution >= 0.6 is 23.2 Å². The van der Waals surface area contributed by atoms with Crippen molar-refractivity contribution < 1.29 is 18.0 Å². The molecule has 0 heterocycles. The van der Waals surface area contributed by atoms with Crippen molar-refractivity contribution >= 4 is 50.7 Å². The van der Waals surface area contributed by atoms with Gasteiger partial charge < -0.3 is 10.2 Å². The van der Waals surface area contributed by atoms with Crippen LogP contribution in [0, 0.1) is 0 Å². The maximum absolute atomic E-state index is 14.1. The predicted octanol–water partition coefficient (Wildman–Crippen LogP) is 5.27. The lowest BCUT2D eigenvalue weighted by Crippen LogP contribution is -2.53. The Kier molecular flexibility index (Phi) is 10.4. The Hall–Kier alpha value is -3.07. The normalized spacial score (nSPS) is 12.2. The van der Waals surface area contributed by atoms with Gasteiger partial charge in [-0.25, -0.2) is 8.42 Å². The molecule has 3 aromatic rings. The summed E-state index contributed by atoms with van der Waals surface area (Å²) in [6.45, 7) is 3.40. The number of anilines is 1. The van der Waals surface area contributed by atoms with Gasteiger partial charge in [0.05, 0.1) is 11.9 Å². The van der Waals surface area contributed by atoms with Crippen LogP contribution in [0.2, 0.25) is 10.0 Å². The molecule has 0 radical (unpaired) electrons. The summed E-state index contributed by atoms with van der Waals surface area (Å²) in [5, 5.41) is 3.42. The molecule has 0 aliphatic heterocycles. The summed E-state index contributed by atoms with van der Waals surface area (Å²) in [4.78, 5) is 28.6. The molecule has 3 aromatic carbocycles. The van der Waals surface area contributed by atoms with Crippen molar-refractivity contribution in [3.63, 3.8) is 0 Å². The van der Waals surface area contributed by atoms with Crippen LogP contribution in [-0.2, 0) is 32.6 Å². The van der Waals surface area contributed by atoms with E-state index in [-0.39, 0.29) is 24.8 Å². The minimum absolute atomic E-state index is 0.0150. The molecular weight excluding hydrogens is 557 g/mol. The molecule has 0 fully saturated rings. The number of likely N-dealkylation sites (N-methyl/N-ethyl adjacent to an activating group) is 1. The lowest BCUT2D eigenvalue weighted by atomic mass is 10.0. The van der Waals surface area contributed by atoms with Gasteiger partial charge in [-0.2, -0.15) is 0 Å². The zero-order chi connectivity index (χ0) is 28.7. The molecule has 0 unspecified atom stereocenters. The van der Waals surface area contributed by atoms with E-state index in [0.29, 0.717) is 21.3 Å². The maximum atomic E-state index is 14.1. The minimum atomic E-state index is -3.86. The van der Waals surface area contributed by atoms with Gasteiger partial charge in [0.1, 0.15) is 12.6 Å². The quantitative estimate of drug-likeness (QED) is 0.330. The molecule has 10 heteroatoms. The van der Waals surface area contributed by atoms with Crippen LogP contribution < -0.4 is 9.62 Å². The van der Waals surface area contributed by atoms with E-state index in [1.807, 2.05) is 56.3 Å². The molecule has 0 aliphatic rings. The number of nitrogens with zero attached hydrogens (tertiary/aromatic N) is 2.